The lowest BCUT2D eigenvalue weighted by molar-refractivity contribution is -0.133. The van der Waals surface area contributed by atoms with Gasteiger partial charge < -0.3 is 9.64 Å². The summed E-state index contributed by atoms with van der Waals surface area (Å²) in [5.74, 6) is -0.236. The Balaban J connectivity index is 1.24. The van der Waals surface area contributed by atoms with Crippen molar-refractivity contribution in [2.75, 3.05) is 11.4 Å². The number of piperidine rings is 1. The predicted molar refractivity (Wildman–Crippen MR) is 118 cm³/mol. The zero-order valence-electron chi connectivity index (χ0n) is 17.7. The first-order valence-electron chi connectivity index (χ1n) is 11.0. The molecule has 3 amide bonds. The van der Waals surface area contributed by atoms with Crippen LogP contribution >= 0.6 is 11.6 Å². The molecular weight excluding hydrogens is 430 g/mol. The van der Waals surface area contributed by atoms with Crippen molar-refractivity contribution in [1.29, 1.82) is 0 Å². The maximum atomic E-state index is 12.7. The van der Waals surface area contributed by atoms with Crippen LogP contribution in [0.4, 0.5) is 10.5 Å². The van der Waals surface area contributed by atoms with Crippen molar-refractivity contribution in [2.24, 2.45) is 5.41 Å². The van der Waals surface area contributed by atoms with Gasteiger partial charge in [0.1, 0.15) is 0 Å². The number of ether oxygens (including phenoxy) is 1. The third kappa shape index (κ3) is 3.97. The molecule has 2 aliphatic heterocycles. The number of carbonyl (C=O) groups excluding carboxylic acids is 3. The summed E-state index contributed by atoms with van der Waals surface area (Å²) >= 11 is 6.07. The molecule has 1 saturated heterocycles. The lowest BCUT2D eigenvalue weighted by Crippen LogP contribution is -2.47. The summed E-state index contributed by atoms with van der Waals surface area (Å²) in [4.78, 5) is 45.1. The number of anilines is 1. The molecule has 1 saturated carbocycles. The van der Waals surface area contributed by atoms with E-state index in [0.29, 0.717) is 36.6 Å². The number of imide groups is 1. The van der Waals surface area contributed by atoms with Crippen LogP contribution in [-0.4, -0.2) is 34.3 Å². The monoisotopic (exact) mass is 453 g/mol. The molecule has 32 heavy (non-hydrogen) atoms. The Kier molecular flexibility index (Phi) is 5.37. The normalized spacial score (nSPS) is 19.9. The highest BCUT2D eigenvalue weighted by atomic mass is 35.5. The van der Waals surface area contributed by atoms with E-state index in [1.54, 1.807) is 11.0 Å². The number of pyridine rings is 1. The van der Waals surface area contributed by atoms with Crippen LogP contribution in [0.3, 0.4) is 0 Å². The third-order valence-corrected chi connectivity index (χ3v) is 7.06. The highest BCUT2D eigenvalue weighted by Gasteiger charge is 2.45. The van der Waals surface area contributed by atoms with Gasteiger partial charge in [-0.25, -0.2) is 14.7 Å². The maximum Gasteiger partial charge on any atom is 0.416 e. The van der Waals surface area contributed by atoms with E-state index in [1.165, 1.54) is 22.7 Å². The maximum absolute atomic E-state index is 12.7. The second kappa shape index (κ2) is 8.20. The van der Waals surface area contributed by atoms with Crippen LogP contribution in [0.2, 0.25) is 5.02 Å². The van der Waals surface area contributed by atoms with Gasteiger partial charge in [0.25, 0.3) is 0 Å². The SMILES string of the molecule is O=C(Oc1ccc(N2C(=O)CC3(CCCC3)CC2=O)cn1)N1CCc2ccc(Cl)cc2C1. The van der Waals surface area contributed by atoms with Gasteiger partial charge in [-0.05, 0) is 54.0 Å². The summed E-state index contributed by atoms with van der Waals surface area (Å²) in [5, 5.41) is 0.636. The van der Waals surface area contributed by atoms with Crippen molar-refractivity contribution in [3.8, 4) is 5.88 Å². The van der Waals surface area contributed by atoms with Crippen LogP contribution in [0.1, 0.15) is 49.7 Å². The van der Waals surface area contributed by atoms with Gasteiger partial charge in [-0.1, -0.05) is 30.5 Å². The fourth-order valence-corrected chi connectivity index (χ4v) is 5.36. The molecular formula is C24H24ClN3O4. The van der Waals surface area contributed by atoms with Crippen molar-refractivity contribution < 1.29 is 19.1 Å². The van der Waals surface area contributed by atoms with Crippen LogP contribution in [0.5, 0.6) is 5.88 Å². The molecule has 1 aliphatic carbocycles. The highest BCUT2D eigenvalue weighted by Crippen LogP contribution is 2.47. The van der Waals surface area contributed by atoms with Crippen molar-refractivity contribution in [2.45, 2.75) is 51.5 Å². The molecule has 3 aliphatic rings. The van der Waals surface area contributed by atoms with Crippen LogP contribution in [0.25, 0.3) is 0 Å². The lowest BCUT2D eigenvalue weighted by Gasteiger charge is -2.37. The number of amides is 3. The number of carbonyl (C=O) groups is 3. The Morgan fingerprint density at radius 1 is 1.03 bits per heavy atom. The topological polar surface area (TPSA) is 79.8 Å². The van der Waals surface area contributed by atoms with E-state index in [-0.39, 0.29) is 23.1 Å². The van der Waals surface area contributed by atoms with Gasteiger partial charge in [-0.2, -0.15) is 0 Å². The molecule has 7 nitrogen and oxygen atoms in total. The van der Waals surface area contributed by atoms with E-state index in [2.05, 4.69) is 4.98 Å². The van der Waals surface area contributed by atoms with Gasteiger partial charge >= 0.3 is 6.09 Å². The van der Waals surface area contributed by atoms with Gasteiger partial charge in [-0.15, -0.1) is 0 Å². The average molecular weight is 454 g/mol. The lowest BCUT2D eigenvalue weighted by atomic mass is 9.76. The van der Waals surface area contributed by atoms with Gasteiger partial charge in [0.15, 0.2) is 0 Å². The smallest absolute Gasteiger partial charge is 0.391 e. The Bertz CT molecular complexity index is 1060. The minimum atomic E-state index is -0.496. The van der Waals surface area contributed by atoms with E-state index in [9.17, 15) is 14.4 Å². The van der Waals surface area contributed by atoms with E-state index >= 15 is 0 Å². The molecule has 0 N–H and O–H groups in total. The van der Waals surface area contributed by atoms with Gasteiger partial charge in [-0.3, -0.25) is 9.59 Å². The molecule has 0 unspecified atom stereocenters. The molecule has 3 heterocycles. The standard InChI is InChI=1S/C24H24ClN3O4/c25-18-4-3-16-7-10-27(15-17(16)11-18)23(31)32-20-6-5-19(14-26-20)28-21(29)12-24(13-22(28)30)8-1-2-9-24/h3-6,11,14H,1-2,7-10,12-13,15H2. The Morgan fingerprint density at radius 3 is 2.47 bits per heavy atom. The number of aromatic nitrogens is 1. The number of halogens is 1. The van der Waals surface area contributed by atoms with E-state index in [1.807, 2.05) is 18.2 Å². The van der Waals surface area contributed by atoms with Gasteiger partial charge in [0.05, 0.1) is 11.9 Å². The van der Waals surface area contributed by atoms with Crippen molar-refractivity contribution in [3.63, 3.8) is 0 Å². The summed E-state index contributed by atoms with van der Waals surface area (Å²) in [6.07, 6.45) is 6.49. The van der Waals surface area contributed by atoms with Crippen molar-refractivity contribution in [1.82, 2.24) is 9.88 Å². The first-order chi connectivity index (χ1) is 15.4. The van der Waals surface area contributed by atoms with Crippen LogP contribution in [0.15, 0.2) is 36.5 Å². The molecule has 166 valence electrons. The summed E-state index contributed by atoms with van der Waals surface area (Å²) in [6.45, 7) is 0.968. The fourth-order valence-electron chi connectivity index (χ4n) is 5.17. The number of nitrogens with zero attached hydrogens (tertiary/aromatic N) is 3. The van der Waals surface area contributed by atoms with Crippen molar-refractivity contribution in [3.05, 3.63) is 52.7 Å². The van der Waals surface area contributed by atoms with Crippen molar-refractivity contribution >= 4 is 35.2 Å². The number of hydrogen-bond acceptors (Lipinski definition) is 5. The molecule has 2 fully saturated rings. The van der Waals surface area contributed by atoms with Crippen LogP contribution < -0.4 is 9.64 Å². The fraction of sp³-hybridized carbons (Fsp3) is 0.417. The Labute approximate surface area is 191 Å². The zero-order valence-corrected chi connectivity index (χ0v) is 18.4. The average Bonchev–Trinajstić information content (AvgIpc) is 3.21. The Hall–Kier alpha value is -2.93. The number of fused-ring (bicyclic) bond motifs is 1. The van der Waals surface area contributed by atoms with Crippen LogP contribution in [0, 0.1) is 5.41 Å². The molecule has 1 aromatic carbocycles. The Morgan fingerprint density at radius 2 is 1.78 bits per heavy atom. The summed E-state index contributed by atoms with van der Waals surface area (Å²) in [7, 11) is 0. The molecule has 1 spiro atoms. The predicted octanol–water partition coefficient (Wildman–Crippen LogP) is 4.51. The van der Waals surface area contributed by atoms with Gasteiger partial charge in [0.2, 0.25) is 17.7 Å². The first kappa shape index (κ1) is 20.9. The quantitative estimate of drug-likeness (QED) is 0.625. The molecule has 0 radical (unpaired) electrons. The molecule has 0 atom stereocenters. The first-order valence-corrected chi connectivity index (χ1v) is 11.4. The number of hydrogen-bond donors (Lipinski definition) is 0. The molecule has 0 bridgehead atoms. The van der Waals surface area contributed by atoms with E-state index in [0.717, 1.165) is 37.7 Å². The molecule has 2 aromatic rings. The number of benzene rings is 1. The van der Waals surface area contributed by atoms with E-state index < -0.39 is 6.09 Å². The van der Waals surface area contributed by atoms with Gasteiger partial charge in [0, 0.05) is 37.0 Å². The second-order valence-electron chi connectivity index (χ2n) is 8.99. The largest absolute Gasteiger partial charge is 0.416 e. The molecule has 1 aromatic heterocycles. The minimum Gasteiger partial charge on any atom is -0.391 e. The zero-order chi connectivity index (χ0) is 22.3. The van der Waals surface area contributed by atoms with E-state index in [4.69, 9.17) is 16.3 Å². The third-order valence-electron chi connectivity index (χ3n) is 6.83. The molecule has 8 heteroatoms. The molecule has 5 rings (SSSR count). The summed E-state index contributed by atoms with van der Waals surface area (Å²) < 4.78 is 5.43. The second-order valence-corrected chi connectivity index (χ2v) is 9.43. The summed E-state index contributed by atoms with van der Waals surface area (Å²) in [6, 6.07) is 8.82. The summed E-state index contributed by atoms with van der Waals surface area (Å²) in [5.41, 5.74) is 2.45. The minimum absolute atomic E-state index is 0.125. The highest BCUT2D eigenvalue weighted by molar-refractivity contribution is 6.30. The van der Waals surface area contributed by atoms with Crippen LogP contribution in [-0.2, 0) is 22.6 Å². The number of rotatable bonds is 2.